The second-order valence-corrected chi connectivity index (χ2v) is 6.78. The summed E-state index contributed by atoms with van der Waals surface area (Å²) in [6, 6.07) is 9.39. The van der Waals surface area contributed by atoms with Crippen molar-refractivity contribution in [1.29, 1.82) is 0 Å². The number of fused-ring (bicyclic) bond motifs is 1. The Bertz CT molecular complexity index is 839. The molecular weight excluding hydrogens is 318 g/mol. The maximum atomic E-state index is 12.6. The molecule has 0 saturated carbocycles. The van der Waals surface area contributed by atoms with Gasteiger partial charge in [0.25, 0.3) is 5.91 Å². The Morgan fingerprint density at radius 2 is 2.09 bits per heavy atom. The van der Waals surface area contributed by atoms with Crippen LogP contribution in [0.5, 0.6) is 0 Å². The van der Waals surface area contributed by atoms with Crippen molar-refractivity contribution in [3.63, 3.8) is 0 Å². The van der Waals surface area contributed by atoms with Gasteiger partial charge in [0.2, 0.25) is 0 Å². The molecule has 2 aromatic heterocycles. The van der Waals surface area contributed by atoms with E-state index in [-0.39, 0.29) is 11.8 Å². The van der Waals surface area contributed by atoms with E-state index >= 15 is 0 Å². The molecule has 6 heteroatoms. The highest BCUT2D eigenvalue weighted by atomic mass is 35.5. The topological polar surface area (TPSA) is 54.9 Å². The Kier molecular flexibility index (Phi) is 4.09. The zero-order valence-corrected chi connectivity index (χ0v) is 13.7. The predicted molar refractivity (Wildman–Crippen MR) is 90.9 cm³/mol. The number of nitrogens with one attached hydrogen (secondary N) is 1. The molecule has 2 heterocycles. The van der Waals surface area contributed by atoms with E-state index in [0.29, 0.717) is 10.2 Å². The summed E-state index contributed by atoms with van der Waals surface area (Å²) in [5.41, 5.74) is 1.95. The number of anilines is 1. The third-order valence-electron chi connectivity index (χ3n) is 3.26. The van der Waals surface area contributed by atoms with Gasteiger partial charge in [0.1, 0.15) is 5.69 Å². The summed E-state index contributed by atoms with van der Waals surface area (Å²) in [4.78, 5) is 21.9. The monoisotopic (exact) mass is 331 g/mol. The number of hydrogen-bond donors (Lipinski definition) is 1. The smallest absolute Gasteiger partial charge is 0.275 e. The molecule has 1 N–H and O–H groups in total. The van der Waals surface area contributed by atoms with E-state index in [9.17, 15) is 4.79 Å². The van der Waals surface area contributed by atoms with Crippen LogP contribution < -0.4 is 5.32 Å². The Balaban J connectivity index is 1.97. The maximum absolute atomic E-state index is 12.6. The minimum absolute atomic E-state index is 0.194. The molecule has 0 unspecified atom stereocenters. The average molecular weight is 332 g/mol. The number of pyridine rings is 1. The maximum Gasteiger partial charge on any atom is 0.275 e. The number of thiazole rings is 1. The van der Waals surface area contributed by atoms with Gasteiger partial charge in [-0.2, -0.15) is 0 Å². The van der Waals surface area contributed by atoms with Crippen LogP contribution in [-0.4, -0.2) is 15.9 Å². The molecule has 3 rings (SSSR count). The zero-order valence-electron chi connectivity index (χ0n) is 12.1. The van der Waals surface area contributed by atoms with Gasteiger partial charge < -0.3 is 5.32 Å². The number of halogens is 1. The van der Waals surface area contributed by atoms with Crippen molar-refractivity contribution in [2.24, 2.45) is 0 Å². The fourth-order valence-electron chi connectivity index (χ4n) is 2.25. The molecule has 0 radical (unpaired) electrons. The number of aromatic nitrogens is 2. The van der Waals surface area contributed by atoms with Crippen LogP contribution in [0.1, 0.15) is 35.1 Å². The average Bonchev–Trinajstić information content (AvgIpc) is 2.90. The van der Waals surface area contributed by atoms with Crippen LogP contribution >= 0.6 is 22.9 Å². The molecule has 4 nitrogen and oxygen atoms in total. The zero-order chi connectivity index (χ0) is 15.7. The van der Waals surface area contributed by atoms with Crippen LogP contribution in [0, 0.1) is 0 Å². The largest absolute Gasteiger partial charge is 0.320 e. The number of benzene rings is 1. The third-order valence-corrected chi connectivity index (χ3v) is 4.72. The van der Waals surface area contributed by atoms with E-state index in [1.165, 1.54) is 11.3 Å². The summed E-state index contributed by atoms with van der Waals surface area (Å²) in [5, 5.41) is 3.81. The van der Waals surface area contributed by atoms with Gasteiger partial charge in [0.05, 0.1) is 11.2 Å². The number of carbonyl (C=O) groups is 1. The highest BCUT2D eigenvalue weighted by Gasteiger charge is 2.20. The predicted octanol–water partition coefficient (Wildman–Crippen LogP) is 4.72. The number of rotatable bonds is 3. The second kappa shape index (κ2) is 6.02. The van der Waals surface area contributed by atoms with E-state index < -0.39 is 0 Å². The molecule has 1 aromatic carbocycles. The van der Waals surface area contributed by atoms with E-state index in [1.807, 2.05) is 44.2 Å². The number of nitrogens with zero attached hydrogens (tertiary/aromatic N) is 2. The minimum Gasteiger partial charge on any atom is -0.320 e. The highest BCUT2D eigenvalue weighted by Crippen LogP contribution is 2.30. The fraction of sp³-hybridized carbons (Fsp3) is 0.188. The lowest BCUT2D eigenvalue weighted by Crippen LogP contribution is -2.15. The number of carbonyl (C=O) groups excluding carboxylic acids is 1. The van der Waals surface area contributed by atoms with E-state index in [1.54, 1.807) is 6.20 Å². The first-order valence-electron chi connectivity index (χ1n) is 6.87. The molecule has 112 valence electrons. The molecule has 22 heavy (non-hydrogen) atoms. The molecule has 0 fully saturated rings. The highest BCUT2D eigenvalue weighted by molar-refractivity contribution is 7.16. The molecule has 1 amide bonds. The van der Waals surface area contributed by atoms with Crippen molar-refractivity contribution in [3.8, 4) is 0 Å². The van der Waals surface area contributed by atoms with Crippen molar-refractivity contribution >= 4 is 45.4 Å². The van der Waals surface area contributed by atoms with Gasteiger partial charge in [0.15, 0.2) is 4.47 Å². The van der Waals surface area contributed by atoms with Gasteiger partial charge in [-0.05, 0) is 30.2 Å². The van der Waals surface area contributed by atoms with E-state index in [4.69, 9.17) is 11.6 Å². The number of hydrogen-bond acceptors (Lipinski definition) is 4. The van der Waals surface area contributed by atoms with Crippen LogP contribution in [-0.2, 0) is 0 Å². The second-order valence-electron chi connectivity index (χ2n) is 5.16. The lowest BCUT2D eigenvalue weighted by molar-refractivity contribution is 0.102. The molecule has 0 spiro atoms. The first-order chi connectivity index (χ1) is 10.6. The molecular formula is C16H14ClN3OS. The molecule has 0 bridgehead atoms. The summed E-state index contributed by atoms with van der Waals surface area (Å²) < 4.78 is 0.383. The van der Waals surface area contributed by atoms with Crippen molar-refractivity contribution in [3.05, 3.63) is 51.6 Å². The summed E-state index contributed by atoms with van der Waals surface area (Å²) in [6.45, 7) is 4.03. The van der Waals surface area contributed by atoms with E-state index in [0.717, 1.165) is 21.5 Å². The summed E-state index contributed by atoms with van der Waals surface area (Å²) in [5.74, 6) is -0.0527. The third kappa shape index (κ3) is 2.82. The van der Waals surface area contributed by atoms with Crippen LogP contribution in [0.4, 0.5) is 5.69 Å². The van der Waals surface area contributed by atoms with Crippen LogP contribution in [0.2, 0.25) is 4.47 Å². The van der Waals surface area contributed by atoms with Gasteiger partial charge in [-0.1, -0.05) is 31.5 Å². The molecule has 0 aliphatic heterocycles. The van der Waals surface area contributed by atoms with Gasteiger partial charge in [-0.15, -0.1) is 11.3 Å². The SMILES string of the molecule is CC(C)c1sc(Cl)nc1C(=O)Nc1cccc2ncccc12. The molecule has 0 aliphatic rings. The van der Waals surface area contributed by atoms with Gasteiger partial charge >= 0.3 is 0 Å². The molecule has 0 aliphatic carbocycles. The van der Waals surface area contributed by atoms with E-state index in [2.05, 4.69) is 15.3 Å². The Morgan fingerprint density at radius 1 is 1.27 bits per heavy atom. The molecule has 3 aromatic rings. The normalized spacial score (nSPS) is 11.1. The summed E-state index contributed by atoms with van der Waals surface area (Å²) in [6.07, 6.45) is 1.73. The Labute approximate surface area is 137 Å². The van der Waals surface area contributed by atoms with Crippen molar-refractivity contribution in [2.45, 2.75) is 19.8 Å². The van der Waals surface area contributed by atoms with Crippen LogP contribution in [0.25, 0.3) is 10.9 Å². The van der Waals surface area contributed by atoms with Gasteiger partial charge in [0, 0.05) is 16.5 Å². The summed E-state index contributed by atoms with van der Waals surface area (Å²) in [7, 11) is 0. The standard InChI is InChI=1S/C16H14ClN3OS/c1-9(2)14-13(20-16(17)22-14)15(21)19-12-7-3-6-11-10(12)5-4-8-18-11/h3-9H,1-2H3,(H,19,21). The quantitative estimate of drug-likeness (QED) is 0.755. The van der Waals surface area contributed by atoms with Crippen LogP contribution in [0.15, 0.2) is 36.5 Å². The lowest BCUT2D eigenvalue weighted by Gasteiger charge is -2.09. The summed E-state index contributed by atoms with van der Waals surface area (Å²) >= 11 is 7.32. The molecule has 0 saturated heterocycles. The minimum atomic E-state index is -0.247. The van der Waals surface area contributed by atoms with Gasteiger partial charge in [-0.25, -0.2) is 4.98 Å². The fourth-order valence-corrected chi connectivity index (χ4v) is 3.38. The van der Waals surface area contributed by atoms with Crippen molar-refractivity contribution in [2.75, 3.05) is 5.32 Å². The van der Waals surface area contributed by atoms with Gasteiger partial charge in [-0.3, -0.25) is 9.78 Å². The first-order valence-corrected chi connectivity index (χ1v) is 8.07. The lowest BCUT2D eigenvalue weighted by atomic mass is 10.1. The molecule has 0 atom stereocenters. The number of amides is 1. The Morgan fingerprint density at radius 3 is 2.86 bits per heavy atom. The van der Waals surface area contributed by atoms with Crippen molar-refractivity contribution < 1.29 is 4.79 Å². The van der Waals surface area contributed by atoms with Crippen LogP contribution in [0.3, 0.4) is 0 Å². The Hall–Kier alpha value is -1.98. The van der Waals surface area contributed by atoms with Crippen molar-refractivity contribution in [1.82, 2.24) is 9.97 Å². The first kappa shape index (κ1) is 14.9.